The monoisotopic (exact) mass is 277 g/mol. The van der Waals surface area contributed by atoms with Gasteiger partial charge in [0.15, 0.2) is 0 Å². The Hall–Kier alpha value is -1.06. The van der Waals surface area contributed by atoms with Gasteiger partial charge in [-0.05, 0) is 52.1 Å². The van der Waals surface area contributed by atoms with Crippen molar-refractivity contribution in [3.63, 3.8) is 0 Å². The Bertz CT molecular complexity index is 433. The maximum absolute atomic E-state index is 9.94. The molecule has 2 rings (SSSR count). The number of aliphatic hydroxyl groups excluding tert-OH is 1. The van der Waals surface area contributed by atoms with E-state index in [0.717, 1.165) is 38.0 Å². The molecule has 0 spiro atoms. The second kappa shape index (κ2) is 7.09. The molecule has 112 valence electrons. The summed E-state index contributed by atoms with van der Waals surface area (Å²) in [5.74, 6) is 0.914. The fourth-order valence-electron chi connectivity index (χ4n) is 2.79. The third-order valence-electron chi connectivity index (χ3n) is 4.03. The molecule has 0 radical (unpaired) electrons. The van der Waals surface area contributed by atoms with Gasteiger partial charge in [0, 0.05) is 11.6 Å². The minimum Gasteiger partial charge on any atom is -0.487 e. The largest absolute Gasteiger partial charge is 0.487 e. The zero-order valence-corrected chi connectivity index (χ0v) is 12.9. The van der Waals surface area contributed by atoms with Crippen LogP contribution in [0.5, 0.6) is 5.75 Å². The SMILES string of the molecule is CCCNC(C)c1cc(C)ccc1OC1CCCC1O. The van der Waals surface area contributed by atoms with Crippen LogP contribution in [0.25, 0.3) is 0 Å². The van der Waals surface area contributed by atoms with Gasteiger partial charge in [-0.2, -0.15) is 0 Å². The first kappa shape index (κ1) is 15.3. The maximum atomic E-state index is 9.94. The summed E-state index contributed by atoms with van der Waals surface area (Å²) in [6.07, 6.45) is 3.61. The highest BCUT2D eigenvalue weighted by Gasteiger charge is 2.28. The summed E-state index contributed by atoms with van der Waals surface area (Å²) in [4.78, 5) is 0. The van der Waals surface area contributed by atoms with Crippen molar-refractivity contribution in [1.29, 1.82) is 0 Å². The Morgan fingerprint density at radius 3 is 2.85 bits per heavy atom. The highest BCUT2D eigenvalue weighted by atomic mass is 16.5. The molecule has 0 saturated heterocycles. The smallest absolute Gasteiger partial charge is 0.124 e. The zero-order chi connectivity index (χ0) is 14.5. The normalized spacial score (nSPS) is 23.8. The molecule has 1 fully saturated rings. The minimum atomic E-state index is -0.317. The molecular weight excluding hydrogens is 250 g/mol. The Morgan fingerprint density at radius 2 is 2.20 bits per heavy atom. The summed E-state index contributed by atoms with van der Waals surface area (Å²) in [7, 11) is 0. The van der Waals surface area contributed by atoms with Crippen molar-refractivity contribution >= 4 is 0 Å². The summed E-state index contributed by atoms with van der Waals surface area (Å²) in [5.41, 5.74) is 2.43. The van der Waals surface area contributed by atoms with Crippen molar-refractivity contribution in [3.05, 3.63) is 29.3 Å². The predicted molar refractivity (Wildman–Crippen MR) is 82.2 cm³/mol. The molecule has 0 aliphatic heterocycles. The van der Waals surface area contributed by atoms with E-state index in [4.69, 9.17) is 4.74 Å². The lowest BCUT2D eigenvalue weighted by molar-refractivity contribution is 0.0594. The molecule has 1 aliphatic rings. The van der Waals surface area contributed by atoms with Crippen LogP contribution in [-0.2, 0) is 0 Å². The number of hydrogen-bond acceptors (Lipinski definition) is 3. The van der Waals surface area contributed by atoms with Gasteiger partial charge in [0.05, 0.1) is 6.10 Å². The van der Waals surface area contributed by atoms with Crippen LogP contribution in [-0.4, -0.2) is 23.9 Å². The van der Waals surface area contributed by atoms with E-state index in [1.807, 2.05) is 6.07 Å². The molecular formula is C17H27NO2. The molecule has 0 amide bonds. The van der Waals surface area contributed by atoms with Crippen LogP contribution in [0.3, 0.4) is 0 Å². The van der Waals surface area contributed by atoms with Crippen molar-refractivity contribution in [2.24, 2.45) is 0 Å². The standard InChI is InChI=1S/C17H27NO2/c1-4-10-18-13(3)14-11-12(2)8-9-16(14)20-17-7-5-6-15(17)19/h8-9,11,13,15,17-19H,4-7,10H2,1-3H3. The average Bonchev–Trinajstić information content (AvgIpc) is 2.83. The summed E-state index contributed by atoms with van der Waals surface area (Å²) in [6, 6.07) is 6.57. The molecule has 3 atom stereocenters. The van der Waals surface area contributed by atoms with E-state index in [1.165, 1.54) is 11.1 Å². The number of ether oxygens (including phenoxy) is 1. The second-order valence-electron chi connectivity index (χ2n) is 5.87. The van der Waals surface area contributed by atoms with Gasteiger partial charge in [-0.15, -0.1) is 0 Å². The van der Waals surface area contributed by atoms with Gasteiger partial charge in [-0.1, -0.05) is 24.6 Å². The van der Waals surface area contributed by atoms with E-state index in [-0.39, 0.29) is 18.2 Å². The molecule has 0 bridgehead atoms. The molecule has 3 nitrogen and oxygen atoms in total. The van der Waals surface area contributed by atoms with Gasteiger partial charge >= 0.3 is 0 Å². The van der Waals surface area contributed by atoms with Crippen molar-refractivity contribution in [3.8, 4) is 5.75 Å². The Balaban J connectivity index is 2.14. The molecule has 1 saturated carbocycles. The van der Waals surface area contributed by atoms with Crippen LogP contribution in [0.1, 0.15) is 56.7 Å². The summed E-state index contributed by atoms with van der Waals surface area (Å²) in [5, 5.41) is 13.4. The van der Waals surface area contributed by atoms with Gasteiger partial charge in [0.1, 0.15) is 11.9 Å². The van der Waals surface area contributed by atoms with Crippen LogP contribution >= 0.6 is 0 Å². The highest BCUT2D eigenvalue weighted by molar-refractivity contribution is 5.39. The predicted octanol–water partition coefficient (Wildman–Crippen LogP) is 3.35. The number of aryl methyl sites for hydroxylation is 1. The lowest BCUT2D eigenvalue weighted by atomic mass is 10.0. The first-order chi connectivity index (χ1) is 9.61. The van der Waals surface area contributed by atoms with Crippen LogP contribution in [0, 0.1) is 6.92 Å². The van der Waals surface area contributed by atoms with Crippen molar-refractivity contribution in [2.75, 3.05) is 6.54 Å². The molecule has 3 unspecified atom stereocenters. The van der Waals surface area contributed by atoms with Gasteiger partial charge < -0.3 is 15.2 Å². The fraction of sp³-hybridized carbons (Fsp3) is 0.647. The third kappa shape index (κ3) is 3.74. The van der Waals surface area contributed by atoms with Crippen LogP contribution < -0.4 is 10.1 Å². The van der Waals surface area contributed by atoms with E-state index >= 15 is 0 Å². The number of benzene rings is 1. The summed E-state index contributed by atoms with van der Waals surface area (Å²) >= 11 is 0. The lowest BCUT2D eigenvalue weighted by Gasteiger charge is -2.23. The van der Waals surface area contributed by atoms with E-state index in [0.29, 0.717) is 0 Å². The van der Waals surface area contributed by atoms with Crippen LogP contribution in [0.4, 0.5) is 0 Å². The Morgan fingerprint density at radius 1 is 1.40 bits per heavy atom. The van der Waals surface area contributed by atoms with E-state index in [2.05, 4.69) is 38.2 Å². The minimum absolute atomic E-state index is 0.0465. The van der Waals surface area contributed by atoms with E-state index in [1.54, 1.807) is 0 Å². The Kier molecular flexibility index (Phi) is 5.44. The summed E-state index contributed by atoms with van der Waals surface area (Å²) < 4.78 is 6.08. The van der Waals surface area contributed by atoms with Gasteiger partial charge in [-0.25, -0.2) is 0 Å². The molecule has 0 aromatic heterocycles. The number of rotatable bonds is 6. The first-order valence-corrected chi connectivity index (χ1v) is 7.80. The number of aliphatic hydroxyl groups is 1. The van der Waals surface area contributed by atoms with Crippen molar-refractivity contribution in [2.45, 2.75) is 64.7 Å². The van der Waals surface area contributed by atoms with Gasteiger partial charge in [0.2, 0.25) is 0 Å². The number of nitrogens with one attached hydrogen (secondary N) is 1. The highest BCUT2D eigenvalue weighted by Crippen LogP contribution is 2.31. The fourth-order valence-corrected chi connectivity index (χ4v) is 2.79. The lowest BCUT2D eigenvalue weighted by Crippen LogP contribution is -2.27. The van der Waals surface area contributed by atoms with E-state index < -0.39 is 0 Å². The average molecular weight is 277 g/mol. The molecule has 1 aliphatic carbocycles. The van der Waals surface area contributed by atoms with Crippen molar-refractivity contribution < 1.29 is 9.84 Å². The molecule has 0 heterocycles. The maximum Gasteiger partial charge on any atom is 0.124 e. The quantitative estimate of drug-likeness (QED) is 0.838. The topological polar surface area (TPSA) is 41.5 Å². The first-order valence-electron chi connectivity index (χ1n) is 7.80. The van der Waals surface area contributed by atoms with Crippen LogP contribution in [0.15, 0.2) is 18.2 Å². The molecule has 2 N–H and O–H groups in total. The molecule has 3 heteroatoms. The van der Waals surface area contributed by atoms with Gasteiger partial charge in [0.25, 0.3) is 0 Å². The summed E-state index contributed by atoms with van der Waals surface area (Å²) in [6.45, 7) is 7.44. The third-order valence-corrected chi connectivity index (χ3v) is 4.03. The zero-order valence-electron chi connectivity index (χ0n) is 12.9. The molecule has 1 aromatic carbocycles. The van der Waals surface area contributed by atoms with Crippen LogP contribution in [0.2, 0.25) is 0 Å². The Labute approximate surface area is 122 Å². The van der Waals surface area contributed by atoms with Gasteiger partial charge in [-0.3, -0.25) is 0 Å². The van der Waals surface area contributed by atoms with E-state index in [9.17, 15) is 5.11 Å². The number of hydrogen-bond donors (Lipinski definition) is 2. The molecule has 20 heavy (non-hydrogen) atoms. The molecule has 1 aromatic rings. The van der Waals surface area contributed by atoms with Crippen molar-refractivity contribution in [1.82, 2.24) is 5.32 Å². The second-order valence-corrected chi connectivity index (χ2v) is 5.87.